The third-order valence-corrected chi connectivity index (χ3v) is 5.07. The molecule has 16 heteroatoms. The topological polar surface area (TPSA) is 240 Å². The molecule has 0 bridgehead atoms. The Balaban J connectivity index is 0. The van der Waals surface area contributed by atoms with Gasteiger partial charge in [-0.3, -0.25) is 19.2 Å². The van der Waals surface area contributed by atoms with Crippen molar-refractivity contribution in [2.75, 3.05) is 13.2 Å². The maximum Gasteiger partial charge on any atom is 0.490 e. The van der Waals surface area contributed by atoms with Crippen molar-refractivity contribution in [2.45, 2.75) is 90.1 Å². The second-order valence-electron chi connectivity index (χ2n) is 9.72. The van der Waals surface area contributed by atoms with Crippen molar-refractivity contribution < 1.29 is 47.4 Å². The molecule has 228 valence electrons. The average Bonchev–Trinajstić information content (AvgIpc) is 2.80. The Morgan fingerprint density at radius 2 is 1.23 bits per heavy atom. The van der Waals surface area contributed by atoms with E-state index < -0.39 is 66.5 Å². The summed E-state index contributed by atoms with van der Waals surface area (Å²) in [6.45, 7) is 7.35. The van der Waals surface area contributed by atoms with Crippen molar-refractivity contribution in [3.05, 3.63) is 0 Å². The Hall–Kier alpha value is -2.98. The van der Waals surface area contributed by atoms with Crippen molar-refractivity contribution >= 4 is 29.6 Å². The lowest BCUT2D eigenvalue weighted by atomic mass is 10.0. The number of hydrogen-bond acceptors (Lipinski definition) is 8. The Labute approximate surface area is 225 Å². The fourth-order valence-corrected chi connectivity index (χ4v) is 3.11. The zero-order valence-corrected chi connectivity index (χ0v) is 22.7. The molecular weight excluding hydrogens is 529 g/mol. The van der Waals surface area contributed by atoms with Crippen LogP contribution in [0.3, 0.4) is 0 Å². The van der Waals surface area contributed by atoms with E-state index in [1.807, 2.05) is 27.7 Å². The summed E-state index contributed by atoms with van der Waals surface area (Å²) < 4.78 is 31.7. The largest absolute Gasteiger partial charge is 0.490 e. The summed E-state index contributed by atoms with van der Waals surface area (Å²) in [5, 5.41) is 24.3. The van der Waals surface area contributed by atoms with Gasteiger partial charge in [0.15, 0.2) is 0 Å². The van der Waals surface area contributed by atoms with Gasteiger partial charge in [-0.2, -0.15) is 13.2 Å². The van der Waals surface area contributed by atoms with Crippen LogP contribution in [0, 0.1) is 11.8 Å². The van der Waals surface area contributed by atoms with Crippen molar-refractivity contribution in [1.29, 1.82) is 0 Å². The number of rotatable bonds is 16. The van der Waals surface area contributed by atoms with Crippen LogP contribution in [0.4, 0.5) is 13.2 Å². The SMILES string of the molecule is CC(C)CC(N)C(=O)NC(CO)C(=O)NC(CCCCN)C(=O)NC(CC(C)C)C(N)=O.O=C(O)C(F)(F)F. The van der Waals surface area contributed by atoms with Gasteiger partial charge in [0.1, 0.15) is 18.1 Å². The average molecular weight is 573 g/mol. The maximum absolute atomic E-state index is 12.8. The van der Waals surface area contributed by atoms with Gasteiger partial charge in [0.2, 0.25) is 23.6 Å². The van der Waals surface area contributed by atoms with Crippen molar-refractivity contribution in [2.24, 2.45) is 29.0 Å². The normalized spacial score (nSPS) is 14.4. The molecular formula is C23H43F3N6O7. The quantitative estimate of drug-likeness (QED) is 0.107. The molecule has 0 aromatic rings. The van der Waals surface area contributed by atoms with Gasteiger partial charge in [0, 0.05) is 0 Å². The first-order valence-electron chi connectivity index (χ1n) is 12.4. The van der Waals surface area contributed by atoms with Gasteiger partial charge in [0.25, 0.3) is 0 Å². The first-order valence-corrected chi connectivity index (χ1v) is 12.4. The lowest BCUT2D eigenvalue weighted by Crippen LogP contribution is -2.58. The number of amides is 4. The number of hydrogen-bond donors (Lipinski definition) is 8. The van der Waals surface area contributed by atoms with Gasteiger partial charge in [-0.05, 0) is 50.5 Å². The van der Waals surface area contributed by atoms with E-state index in [0.29, 0.717) is 32.2 Å². The molecule has 11 N–H and O–H groups in total. The second-order valence-corrected chi connectivity index (χ2v) is 9.72. The van der Waals surface area contributed by atoms with E-state index in [1.165, 1.54) is 0 Å². The minimum absolute atomic E-state index is 0.113. The molecule has 0 aliphatic rings. The van der Waals surface area contributed by atoms with E-state index in [0.717, 1.165) is 0 Å². The Kier molecular flexibility index (Phi) is 18.7. The molecule has 0 aliphatic carbocycles. The smallest absolute Gasteiger partial charge is 0.475 e. The molecule has 0 saturated heterocycles. The zero-order valence-electron chi connectivity index (χ0n) is 22.7. The molecule has 4 unspecified atom stereocenters. The van der Waals surface area contributed by atoms with Crippen LogP contribution < -0.4 is 33.2 Å². The minimum Gasteiger partial charge on any atom is -0.475 e. The molecule has 0 rings (SSSR count). The molecule has 0 aromatic heterocycles. The molecule has 39 heavy (non-hydrogen) atoms. The highest BCUT2D eigenvalue weighted by atomic mass is 19.4. The van der Waals surface area contributed by atoms with Gasteiger partial charge in [-0.25, -0.2) is 4.79 Å². The number of halogens is 3. The second kappa shape index (κ2) is 19.1. The van der Waals surface area contributed by atoms with Gasteiger partial charge < -0.3 is 43.4 Å². The number of aliphatic carboxylic acids is 1. The van der Waals surface area contributed by atoms with Gasteiger partial charge in [-0.1, -0.05) is 27.7 Å². The van der Waals surface area contributed by atoms with E-state index in [-0.39, 0.29) is 18.3 Å². The fraction of sp³-hybridized carbons (Fsp3) is 0.783. The standard InChI is InChI=1S/C21H42N6O5.C2HF3O2/c1-12(2)9-14(23)19(30)27-17(11-28)21(32)25-15(7-5-6-8-22)20(31)26-16(18(24)29)10-13(3)4;3-2(4,5)1(6)7/h12-17,28H,5-11,22-23H2,1-4H3,(H2,24,29)(H,25,32)(H,26,31)(H,27,30);(H,6,7). The van der Waals surface area contributed by atoms with Crippen molar-refractivity contribution in [3.63, 3.8) is 0 Å². The number of aliphatic hydroxyl groups excluding tert-OH is 1. The Morgan fingerprint density at radius 1 is 0.795 bits per heavy atom. The molecule has 0 heterocycles. The van der Waals surface area contributed by atoms with Crippen LogP contribution in [-0.4, -0.2) is 83.3 Å². The summed E-state index contributed by atoms with van der Waals surface area (Å²) in [7, 11) is 0. The molecule has 0 radical (unpaired) electrons. The highest BCUT2D eigenvalue weighted by molar-refractivity contribution is 5.94. The number of aliphatic hydroxyl groups is 1. The van der Waals surface area contributed by atoms with Crippen LogP contribution >= 0.6 is 0 Å². The first kappa shape index (κ1) is 38.2. The van der Waals surface area contributed by atoms with Gasteiger partial charge in [-0.15, -0.1) is 0 Å². The van der Waals surface area contributed by atoms with Crippen LogP contribution in [0.25, 0.3) is 0 Å². The van der Waals surface area contributed by atoms with E-state index in [1.54, 1.807) is 0 Å². The molecule has 0 saturated carbocycles. The van der Waals surface area contributed by atoms with Crippen LogP contribution in [0.5, 0.6) is 0 Å². The highest BCUT2D eigenvalue weighted by Gasteiger charge is 2.38. The molecule has 0 fully saturated rings. The van der Waals surface area contributed by atoms with Crippen LogP contribution in [0.2, 0.25) is 0 Å². The Bertz CT molecular complexity index is 797. The van der Waals surface area contributed by atoms with Gasteiger partial charge >= 0.3 is 12.1 Å². The van der Waals surface area contributed by atoms with E-state index >= 15 is 0 Å². The molecule has 0 aliphatic heterocycles. The maximum atomic E-state index is 12.8. The van der Waals surface area contributed by atoms with E-state index in [9.17, 15) is 37.5 Å². The lowest BCUT2D eigenvalue weighted by Gasteiger charge is -2.25. The van der Waals surface area contributed by atoms with Crippen molar-refractivity contribution in [3.8, 4) is 0 Å². The Morgan fingerprint density at radius 3 is 1.62 bits per heavy atom. The van der Waals surface area contributed by atoms with Crippen LogP contribution in [-0.2, 0) is 24.0 Å². The third kappa shape index (κ3) is 18.0. The number of carboxylic acid groups (broad SMARTS) is 1. The number of alkyl halides is 3. The highest BCUT2D eigenvalue weighted by Crippen LogP contribution is 2.13. The zero-order chi connectivity index (χ0) is 30.9. The fourth-order valence-electron chi connectivity index (χ4n) is 3.11. The van der Waals surface area contributed by atoms with E-state index in [2.05, 4.69) is 16.0 Å². The number of carbonyl (C=O) groups is 5. The molecule has 4 amide bonds. The van der Waals surface area contributed by atoms with Crippen LogP contribution in [0.15, 0.2) is 0 Å². The molecule has 0 spiro atoms. The minimum atomic E-state index is -5.08. The van der Waals surface area contributed by atoms with Crippen molar-refractivity contribution in [1.82, 2.24) is 16.0 Å². The number of nitrogens with one attached hydrogen (secondary N) is 3. The number of carbonyl (C=O) groups excluding carboxylic acids is 4. The van der Waals surface area contributed by atoms with Gasteiger partial charge in [0.05, 0.1) is 12.6 Å². The number of nitrogens with two attached hydrogens (primary N) is 3. The molecule has 13 nitrogen and oxygen atoms in total. The third-order valence-electron chi connectivity index (χ3n) is 5.07. The number of unbranched alkanes of at least 4 members (excludes halogenated alkanes) is 1. The summed E-state index contributed by atoms with van der Waals surface area (Å²) in [6.07, 6.45) is -2.86. The molecule has 4 atom stereocenters. The summed E-state index contributed by atoms with van der Waals surface area (Å²) in [5.41, 5.74) is 16.7. The first-order chi connectivity index (χ1) is 17.9. The summed E-state index contributed by atoms with van der Waals surface area (Å²) in [5.74, 6) is -5.00. The predicted octanol–water partition coefficient (Wildman–Crippen LogP) is -0.900. The number of carboxylic acids is 1. The summed E-state index contributed by atoms with van der Waals surface area (Å²) in [4.78, 5) is 58.3. The summed E-state index contributed by atoms with van der Waals surface area (Å²) in [6, 6.07) is -3.96. The number of primary amides is 1. The molecule has 0 aromatic carbocycles. The predicted molar refractivity (Wildman–Crippen MR) is 136 cm³/mol. The monoisotopic (exact) mass is 572 g/mol. The summed E-state index contributed by atoms with van der Waals surface area (Å²) >= 11 is 0. The lowest BCUT2D eigenvalue weighted by molar-refractivity contribution is -0.192. The van der Waals surface area contributed by atoms with Crippen LogP contribution in [0.1, 0.15) is 59.8 Å². The van der Waals surface area contributed by atoms with E-state index in [4.69, 9.17) is 27.1 Å².